The smallest absolute Gasteiger partial charge is 0.161 e. The maximum Gasteiger partial charge on any atom is 0.161 e. The van der Waals surface area contributed by atoms with E-state index in [4.69, 9.17) is 0 Å². The molecule has 0 amide bonds. The van der Waals surface area contributed by atoms with Crippen LogP contribution in [0.2, 0.25) is 0 Å². The number of benzene rings is 1. The van der Waals surface area contributed by atoms with Gasteiger partial charge >= 0.3 is 0 Å². The number of ketones is 1. The van der Waals surface area contributed by atoms with E-state index < -0.39 is 0 Å². The third-order valence-corrected chi connectivity index (χ3v) is 5.21. The lowest BCUT2D eigenvalue weighted by atomic mass is 9.80. The van der Waals surface area contributed by atoms with E-state index in [9.17, 15) is 9.90 Å². The number of hydrogen-bond donors (Lipinski definition) is 1. The van der Waals surface area contributed by atoms with Gasteiger partial charge in [-0.1, -0.05) is 31.5 Å². The largest absolute Gasteiger partial charge is 0.382 e. The van der Waals surface area contributed by atoms with E-state index in [1.165, 1.54) is 24.2 Å². The van der Waals surface area contributed by atoms with Crippen LogP contribution in [0.5, 0.6) is 0 Å². The molecule has 4 heteroatoms. The lowest BCUT2D eigenvalue weighted by molar-refractivity contribution is 0.101. The lowest BCUT2D eigenvalue weighted by Crippen LogP contribution is -2.27. The second-order valence-corrected chi connectivity index (χ2v) is 7.83. The highest BCUT2D eigenvalue weighted by Gasteiger charge is 2.32. The first kappa shape index (κ1) is 16.8. The van der Waals surface area contributed by atoms with Crippen LogP contribution in [0.25, 0.3) is 0 Å². The molecule has 2 heterocycles. The summed E-state index contributed by atoms with van der Waals surface area (Å²) in [4.78, 5) is 16.6. The number of fused-ring (bicyclic) bond motifs is 1. The molecule has 122 valence electrons. The van der Waals surface area contributed by atoms with Gasteiger partial charge in [-0.05, 0) is 60.6 Å². The fourth-order valence-electron chi connectivity index (χ4n) is 2.79. The van der Waals surface area contributed by atoms with Gasteiger partial charge in [0.1, 0.15) is 11.1 Å². The number of nitrogens with zero attached hydrogens (tertiary/aromatic N) is 1. The number of aliphatic hydroxyl groups excluding tert-OH is 1. The van der Waals surface area contributed by atoms with E-state index in [2.05, 4.69) is 36.7 Å². The summed E-state index contributed by atoms with van der Waals surface area (Å²) in [5.41, 5.74) is 2.96. The van der Waals surface area contributed by atoms with Crippen LogP contribution in [-0.4, -0.2) is 21.3 Å². The first-order valence-corrected chi connectivity index (χ1v) is 8.71. The average molecular weight is 337 g/mol. The van der Waals surface area contributed by atoms with Crippen LogP contribution in [-0.2, 0) is 5.41 Å². The number of carbonyl (C=O) groups is 1. The van der Waals surface area contributed by atoms with Crippen LogP contribution in [0.1, 0.15) is 54.4 Å². The zero-order valence-electron chi connectivity index (χ0n) is 14.0. The van der Waals surface area contributed by atoms with Crippen molar-refractivity contribution < 1.29 is 9.90 Å². The van der Waals surface area contributed by atoms with Gasteiger partial charge in [-0.15, -0.1) is 0 Å². The summed E-state index contributed by atoms with van der Waals surface area (Å²) in [7, 11) is 0. The van der Waals surface area contributed by atoms with Gasteiger partial charge < -0.3 is 5.11 Å². The third kappa shape index (κ3) is 3.53. The molecule has 3 nitrogen and oxygen atoms in total. The topological polar surface area (TPSA) is 50.2 Å². The van der Waals surface area contributed by atoms with E-state index in [0.29, 0.717) is 11.3 Å². The molecule has 0 spiro atoms. The van der Waals surface area contributed by atoms with Crippen LogP contribution in [0.4, 0.5) is 0 Å². The van der Waals surface area contributed by atoms with Crippen LogP contribution < -0.4 is 0 Å². The Balaban J connectivity index is 1.89. The molecule has 0 bridgehead atoms. The van der Waals surface area contributed by atoms with Gasteiger partial charge in [-0.25, -0.2) is 4.98 Å². The number of aliphatic hydroxyl groups is 1. The van der Waals surface area contributed by atoms with Gasteiger partial charge in [0, 0.05) is 22.2 Å². The second kappa shape index (κ2) is 6.43. The first-order valence-electron chi connectivity index (χ1n) is 7.83. The van der Waals surface area contributed by atoms with E-state index in [0.717, 1.165) is 16.9 Å². The van der Waals surface area contributed by atoms with Crippen LogP contribution in [0.3, 0.4) is 0 Å². The van der Waals surface area contributed by atoms with Crippen molar-refractivity contribution in [2.75, 3.05) is 0 Å². The standard InChI is InChI=1S/C20H19NO2S/c1-13(22)15-6-8-16(21-12-15)7-4-14-5-9-18-17(10-14)20(2,3)11-19(23)24-18/h5-6,8-10,12,19,23H,11H2,1-3H3. The quantitative estimate of drug-likeness (QED) is 0.636. The van der Waals surface area contributed by atoms with Crippen LogP contribution >= 0.6 is 11.8 Å². The Morgan fingerprint density at radius 1 is 1.29 bits per heavy atom. The number of thioether (sulfide) groups is 1. The van der Waals surface area contributed by atoms with Gasteiger partial charge in [0.05, 0.1) is 0 Å². The van der Waals surface area contributed by atoms with Crippen molar-refractivity contribution in [2.45, 2.75) is 42.9 Å². The summed E-state index contributed by atoms with van der Waals surface area (Å²) in [5, 5.41) is 9.98. The summed E-state index contributed by atoms with van der Waals surface area (Å²) in [6, 6.07) is 9.61. The molecule has 24 heavy (non-hydrogen) atoms. The molecule has 0 saturated carbocycles. The van der Waals surface area contributed by atoms with E-state index in [1.807, 2.05) is 12.1 Å². The summed E-state index contributed by atoms with van der Waals surface area (Å²) in [5.74, 6) is 6.18. The molecule has 1 aromatic carbocycles. The van der Waals surface area contributed by atoms with Gasteiger partial charge in [0.15, 0.2) is 5.78 Å². The number of rotatable bonds is 1. The van der Waals surface area contributed by atoms with Crippen molar-refractivity contribution in [3.8, 4) is 11.8 Å². The first-order chi connectivity index (χ1) is 11.3. The zero-order chi connectivity index (χ0) is 17.3. The minimum Gasteiger partial charge on any atom is -0.382 e. The maximum atomic E-state index is 11.3. The highest BCUT2D eigenvalue weighted by molar-refractivity contribution is 7.99. The molecule has 0 saturated heterocycles. The Labute approximate surface area is 146 Å². The Hall–Kier alpha value is -2.09. The Bertz CT molecular complexity index is 844. The molecular formula is C20H19NO2S. The summed E-state index contributed by atoms with van der Waals surface area (Å²) >= 11 is 1.50. The number of pyridine rings is 1. The average Bonchev–Trinajstić information content (AvgIpc) is 2.52. The molecule has 1 unspecified atom stereocenters. The number of hydrogen-bond acceptors (Lipinski definition) is 4. The van der Waals surface area contributed by atoms with E-state index >= 15 is 0 Å². The molecule has 1 aromatic heterocycles. The van der Waals surface area contributed by atoms with E-state index in [-0.39, 0.29) is 16.6 Å². The fourth-order valence-corrected chi connectivity index (χ4v) is 4.19. The monoisotopic (exact) mass is 337 g/mol. The van der Waals surface area contributed by atoms with Crippen molar-refractivity contribution in [3.63, 3.8) is 0 Å². The minimum atomic E-state index is -0.353. The Kier molecular flexibility index (Phi) is 4.49. The van der Waals surface area contributed by atoms with E-state index in [1.54, 1.807) is 18.3 Å². The molecule has 1 aliphatic rings. The van der Waals surface area contributed by atoms with Crippen molar-refractivity contribution in [3.05, 3.63) is 58.9 Å². The minimum absolute atomic E-state index is 0.00128. The van der Waals surface area contributed by atoms with Gasteiger partial charge in [0.25, 0.3) is 0 Å². The SMILES string of the molecule is CC(=O)c1ccc(C#Cc2ccc3c(c2)C(C)(C)CC(O)S3)nc1. The van der Waals surface area contributed by atoms with Crippen molar-refractivity contribution in [1.82, 2.24) is 4.98 Å². The molecular weight excluding hydrogens is 318 g/mol. The number of carbonyl (C=O) groups excluding carboxylic acids is 1. The number of aromatic nitrogens is 1. The predicted octanol–water partition coefficient (Wildman–Crippen LogP) is 3.78. The van der Waals surface area contributed by atoms with Gasteiger partial charge in [-0.3, -0.25) is 4.79 Å². The van der Waals surface area contributed by atoms with Gasteiger partial charge in [-0.2, -0.15) is 0 Å². The second-order valence-electron chi connectivity index (χ2n) is 6.61. The van der Waals surface area contributed by atoms with Crippen LogP contribution in [0.15, 0.2) is 41.4 Å². The molecule has 2 aromatic rings. The number of Topliss-reactive ketones (excluding diaryl/α,β-unsaturated/α-hetero) is 1. The van der Waals surface area contributed by atoms with Crippen LogP contribution in [0, 0.1) is 11.8 Å². The molecule has 1 N–H and O–H groups in total. The van der Waals surface area contributed by atoms with Crippen molar-refractivity contribution in [1.29, 1.82) is 0 Å². The summed E-state index contributed by atoms with van der Waals surface area (Å²) in [6.07, 6.45) is 2.29. The molecule has 1 aliphatic heterocycles. The normalized spacial score (nSPS) is 18.2. The molecule has 0 radical (unpaired) electrons. The fraction of sp³-hybridized carbons (Fsp3) is 0.300. The zero-order valence-corrected chi connectivity index (χ0v) is 14.8. The van der Waals surface area contributed by atoms with Gasteiger partial charge in [0.2, 0.25) is 0 Å². The highest BCUT2D eigenvalue weighted by Crippen LogP contribution is 2.44. The lowest BCUT2D eigenvalue weighted by Gasteiger charge is -2.34. The molecule has 0 fully saturated rings. The predicted molar refractivity (Wildman–Crippen MR) is 96.2 cm³/mol. The summed E-state index contributed by atoms with van der Waals surface area (Å²) < 4.78 is 0. The molecule has 0 aliphatic carbocycles. The Morgan fingerprint density at radius 3 is 2.75 bits per heavy atom. The van der Waals surface area contributed by atoms with Crippen molar-refractivity contribution in [2.24, 2.45) is 0 Å². The third-order valence-electron chi connectivity index (χ3n) is 4.16. The molecule has 3 rings (SSSR count). The Morgan fingerprint density at radius 2 is 2.08 bits per heavy atom. The summed E-state index contributed by atoms with van der Waals surface area (Å²) in [6.45, 7) is 5.81. The highest BCUT2D eigenvalue weighted by atomic mass is 32.2. The maximum absolute atomic E-state index is 11.3. The molecule has 1 atom stereocenters. The van der Waals surface area contributed by atoms with Crippen molar-refractivity contribution >= 4 is 17.5 Å².